The monoisotopic (exact) mass is 315 g/mol. The van der Waals surface area contributed by atoms with E-state index in [0.29, 0.717) is 5.92 Å². The highest BCUT2D eigenvalue weighted by Crippen LogP contribution is 2.24. The molecular weight excluding hydrogens is 290 g/mol. The van der Waals surface area contributed by atoms with E-state index in [-0.39, 0.29) is 0 Å². The summed E-state index contributed by atoms with van der Waals surface area (Å²) < 4.78 is 3.20. The quantitative estimate of drug-likeness (QED) is 0.745. The van der Waals surface area contributed by atoms with Gasteiger partial charge in [0.1, 0.15) is 0 Å². The molecule has 0 saturated carbocycles. The molecule has 1 aromatic rings. The average Bonchev–Trinajstić information content (AvgIpc) is 2.56. The third-order valence-corrected chi connectivity index (χ3v) is 4.33. The van der Waals surface area contributed by atoms with Crippen LogP contribution in [0.25, 0.3) is 0 Å². The minimum Gasteiger partial charge on any atom is -0.316 e. The van der Waals surface area contributed by atoms with Gasteiger partial charge in [0.15, 0.2) is 0 Å². The van der Waals surface area contributed by atoms with Gasteiger partial charge in [-0.1, -0.05) is 20.3 Å². The molecule has 0 aliphatic rings. The minimum atomic E-state index is 0.702. The Balaban J connectivity index is 2.64. The van der Waals surface area contributed by atoms with Crippen molar-refractivity contribution in [1.29, 1.82) is 0 Å². The molecule has 0 aliphatic carbocycles. The Morgan fingerprint density at radius 3 is 2.56 bits per heavy atom. The highest BCUT2D eigenvalue weighted by molar-refractivity contribution is 9.10. The van der Waals surface area contributed by atoms with Gasteiger partial charge in [-0.05, 0) is 61.1 Å². The van der Waals surface area contributed by atoms with Gasteiger partial charge in [0.25, 0.3) is 0 Å². The van der Waals surface area contributed by atoms with E-state index in [1.807, 2.05) is 11.7 Å². The number of aryl methyl sites for hydroxylation is 2. The molecule has 18 heavy (non-hydrogen) atoms. The van der Waals surface area contributed by atoms with Crippen LogP contribution in [-0.2, 0) is 13.5 Å². The standard InChI is InChI=1S/C14H26BrN3/c1-5-7-12(10-16-8-6-2)9-13-14(15)11(3)17-18(13)4/h12,16H,5-10H2,1-4H3. The zero-order valence-electron chi connectivity index (χ0n) is 12.1. The molecule has 1 unspecified atom stereocenters. The van der Waals surface area contributed by atoms with Crippen LogP contribution in [0.5, 0.6) is 0 Å². The average molecular weight is 316 g/mol. The molecule has 1 N–H and O–H groups in total. The van der Waals surface area contributed by atoms with Crippen molar-refractivity contribution >= 4 is 15.9 Å². The van der Waals surface area contributed by atoms with E-state index in [1.54, 1.807) is 0 Å². The van der Waals surface area contributed by atoms with Crippen molar-refractivity contribution in [2.75, 3.05) is 13.1 Å². The molecule has 0 bridgehead atoms. The van der Waals surface area contributed by atoms with E-state index in [0.717, 1.165) is 25.2 Å². The van der Waals surface area contributed by atoms with E-state index in [2.05, 4.69) is 47.1 Å². The summed E-state index contributed by atoms with van der Waals surface area (Å²) in [6.45, 7) is 8.75. The number of rotatable bonds is 8. The van der Waals surface area contributed by atoms with Crippen LogP contribution in [0.3, 0.4) is 0 Å². The molecule has 1 aromatic heterocycles. The van der Waals surface area contributed by atoms with Gasteiger partial charge < -0.3 is 5.32 Å². The maximum absolute atomic E-state index is 4.47. The van der Waals surface area contributed by atoms with Gasteiger partial charge in [0.2, 0.25) is 0 Å². The lowest BCUT2D eigenvalue weighted by atomic mass is 9.97. The van der Waals surface area contributed by atoms with Gasteiger partial charge in [-0.25, -0.2) is 0 Å². The second-order valence-corrected chi connectivity index (χ2v) is 5.83. The molecule has 4 heteroatoms. The number of halogens is 1. The molecule has 104 valence electrons. The zero-order valence-corrected chi connectivity index (χ0v) is 13.7. The first-order valence-electron chi connectivity index (χ1n) is 6.98. The lowest BCUT2D eigenvalue weighted by Crippen LogP contribution is -2.25. The Hall–Kier alpha value is -0.350. The topological polar surface area (TPSA) is 29.9 Å². The fraction of sp³-hybridized carbons (Fsp3) is 0.786. The van der Waals surface area contributed by atoms with Gasteiger partial charge >= 0.3 is 0 Å². The minimum absolute atomic E-state index is 0.702. The maximum atomic E-state index is 4.47. The van der Waals surface area contributed by atoms with Gasteiger partial charge in [-0.2, -0.15) is 5.10 Å². The summed E-state index contributed by atoms with van der Waals surface area (Å²) in [7, 11) is 2.04. The third kappa shape index (κ3) is 4.39. The third-order valence-electron chi connectivity index (χ3n) is 3.30. The molecule has 0 amide bonds. The van der Waals surface area contributed by atoms with Crippen molar-refractivity contribution in [3.63, 3.8) is 0 Å². The molecule has 1 atom stereocenters. The molecule has 0 spiro atoms. The molecular formula is C14H26BrN3. The van der Waals surface area contributed by atoms with Crippen LogP contribution < -0.4 is 5.32 Å². The first-order valence-corrected chi connectivity index (χ1v) is 7.78. The predicted molar refractivity (Wildman–Crippen MR) is 80.9 cm³/mol. The van der Waals surface area contributed by atoms with Crippen LogP contribution >= 0.6 is 15.9 Å². The largest absolute Gasteiger partial charge is 0.316 e. The number of hydrogen-bond donors (Lipinski definition) is 1. The fourth-order valence-electron chi connectivity index (χ4n) is 2.34. The van der Waals surface area contributed by atoms with E-state index in [1.165, 1.54) is 29.4 Å². The van der Waals surface area contributed by atoms with E-state index in [4.69, 9.17) is 0 Å². The Labute approximate surface area is 119 Å². The van der Waals surface area contributed by atoms with Crippen molar-refractivity contribution in [3.05, 3.63) is 15.9 Å². The van der Waals surface area contributed by atoms with E-state index in [9.17, 15) is 0 Å². The SMILES string of the molecule is CCCNCC(CCC)Cc1c(Br)c(C)nn1C. The molecule has 0 aromatic carbocycles. The maximum Gasteiger partial charge on any atom is 0.0738 e. The van der Waals surface area contributed by atoms with Crippen molar-refractivity contribution in [3.8, 4) is 0 Å². The fourth-order valence-corrected chi connectivity index (χ4v) is 2.84. The Bertz CT molecular complexity index is 360. The Morgan fingerprint density at radius 1 is 1.33 bits per heavy atom. The highest BCUT2D eigenvalue weighted by Gasteiger charge is 2.16. The van der Waals surface area contributed by atoms with Crippen LogP contribution in [0.2, 0.25) is 0 Å². The summed E-state index contributed by atoms with van der Waals surface area (Å²) >= 11 is 3.66. The van der Waals surface area contributed by atoms with Crippen molar-refractivity contribution in [1.82, 2.24) is 15.1 Å². The first kappa shape index (κ1) is 15.7. The normalized spacial score (nSPS) is 12.9. The van der Waals surface area contributed by atoms with Crippen LogP contribution in [-0.4, -0.2) is 22.9 Å². The van der Waals surface area contributed by atoms with Crippen LogP contribution in [0.4, 0.5) is 0 Å². The van der Waals surface area contributed by atoms with Crippen LogP contribution in [0.1, 0.15) is 44.5 Å². The first-order chi connectivity index (χ1) is 8.60. The van der Waals surface area contributed by atoms with Gasteiger partial charge in [-0.3, -0.25) is 4.68 Å². The number of nitrogens with one attached hydrogen (secondary N) is 1. The predicted octanol–water partition coefficient (Wildman–Crippen LogP) is 3.45. The van der Waals surface area contributed by atoms with Crippen molar-refractivity contribution in [2.24, 2.45) is 13.0 Å². The van der Waals surface area contributed by atoms with Gasteiger partial charge in [0.05, 0.1) is 15.9 Å². The number of nitrogens with zero attached hydrogens (tertiary/aromatic N) is 2. The summed E-state index contributed by atoms with van der Waals surface area (Å²) in [5.74, 6) is 0.702. The van der Waals surface area contributed by atoms with Gasteiger partial charge in [0, 0.05) is 7.05 Å². The molecule has 0 aliphatic heterocycles. The molecule has 3 nitrogen and oxygen atoms in total. The van der Waals surface area contributed by atoms with Gasteiger partial charge in [-0.15, -0.1) is 0 Å². The lowest BCUT2D eigenvalue weighted by molar-refractivity contribution is 0.428. The molecule has 0 saturated heterocycles. The molecule has 1 heterocycles. The summed E-state index contributed by atoms with van der Waals surface area (Å²) in [5, 5.41) is 8.01. The van der Waals surface area contributed by atoms with E-state index >= 15 is 0 Å². The van der Waals surface area contributed by atoms with Crippen LogP contribution in [0.15, 0.2) is 4.47 Å². The summed E-state index contributed by atoms with van der Waals surface area (Å²) in [4.78, 5) is 0. The second-order valence-electron chi connectivity index (χ2n) is 5.03. The zero-order chi connectivity index (χ0) is 13.5. The lowest BCUT2D eigenvalue weighted by Gasteiger charge is -2.17. The molecule has 0 fully saturated rings. The van der Waals surface area contributed by atoms with E-state index < -0.39 is 0 Å². The molecule has 1 rings (SSSR count). The second kappa shape index (κ2) is 7.95. The Morgan fingerprint density at radius 2 is 2.06 bits per heavy atom. The summed E-state index contributed by atoms with van der Waals surface area (Å²) in [5.41, 5.74) is 2.41. The van der Waals surface area contributed by atoms with Crippen molar-refractivity contribution in [2.45, 2.75) is 46.5 Å². The smallest absolute Gasteiger partial charge is 0.0738 e. The molecule has 0 radical (unpaired) electrons. The summed E-state index contributed by atoms with van der Waals surface area (Å²) in [6.07, 6.45) is 4.82. The summed E-state index contributed by atoms with van der Waals surface area (Å²) in [6, 6.07) is 0. The highest BCUT2D eigenvalue weighted by atomic mass is 79.9. The van der Waals surface area contributed by atoms with Crippen molar-refractivity contribution < 1.29 is 0 Å². The number of aromatic nitrogens is 2. The van der Waals surface area contributed by atoms with Crippen LogP contribution in [0, 0.1) is 12.8 Å². The Kier molecular flexibility index (Phi) is 6.94. The number of hydrogen-bond acceptors (Lipinski definition) is 2.